The highest BCUT2D eigenvalue weighted by molar-refractivity contribution is 6.30. The van der Waals surface area contributed by atoms with Crippen molar-refractivity contribution in [3.63, 3.8) is 0 Å². The first-order valence-corrected chi connectivity index (χ1v) is 4.82. The molecule has 2 rings (SSSR count). The van der Waals surface area contributed by atoms with Crippen LogP contribution >= 0.6 is 11.6 Å². The number of hydrogen-bond acceptors (Lipinski definition) is 4. The number of halogens is 1. The number of aryl methyl sites for hydroxylation is 1. The average Bonchev–Trinajstić information content (AvgIpc) is 2.50. The summed E-state index contributed by atoms with van der Waals surface area (Å²) in [6, 6.07) is 1.69. The molecule has 0 unspecified atom stereocenters. The Kier molecular flexibility index (Phi) is 2.40. The van der Waals surface area contributed by atoms with Gasteiger partial charge in [0.2, 0.25) is 0 Å². The van der Waals surface area contributed by atoms with Crippen molar-refractivity contribution >= 4 is 29.0 Å². The molecule has 0 N–H and O–H groups in total. The summed E-state index contributed by atoms with van der Waals surface area (Å²) in [6.45, 7) is 3.60. The molecule has 1 amide bonds. The van der Waals surface area contributed by atoms with Crippen LogP contribution in [-0.4, -0.2) is 21.8 Å². The van der Waals surface area contributed by atoms with Crippen LogP contribution in [-0.2, 0) is 4.79 Å². The van der Waals surface area contributed by atoms with E-state index in [9.17, 15) is 4.79 Å². The van der Waals surface area contributed by atoms with Crippen LogP contribution in [0.25, 0.3) is 0 Å². The molecule has 2 heterocycles. The molecule has 1 aliphatic heterocycles. The first kappa shape index (κ1) is 10.0. The number of amides is 1. The lowest BCUT2D eigenvalue weighted by Crippen LogP contribution is -2.21. The summed E-state index contributed by atoms with van der Waals surface area (Å²) in [4.78, 5) is 11.5. The first-order valence-electron chi connectivity index (χ1n) is 4.45. The van der Waals surface area contributed by atoms with Crippen molar-refractivity contribution in [2.45, 2.75) is 20.3 Å². The van der Waals surface area contributed by atoms with Gasteiger partial charge in [0, 0.05) is 5.71 Å². The second-order valence-corrected chi connectivity index (χ2v) is 3.75. The van der Waals surface area contributed by atoms with Gasteiger partial charge in [0.25, 0.3) is 5.91 Å². The SMILES string of the molecule is CC1=NN(c2cc(C)c(Cl)nn2)C(=O)C1. The van der Waals surface area contributed by atoms with Gasteiger partial charge in [-0.1, -0.05) is 11.6 Å². The monoisotopic (exact) mass is 224 g/mol. The van der Waals surface area contributed by atoms with Crippen molar-refractivity contribution in [3.8, 4) is 0 Å². The van der Waals surface area contributed by atoms with E-state index in [4.69, 9.17) is 11.6 Å². The number of hydrazone groups is 1. The third-order valence-corrected chi connectivity index (χ3v) is 2.42. The van der Waals surface area contributed by atoms with Crippen LogP contribution in [0.5, 0.6) is 0 Å². The van der Waals surface area contributed by atoms with Crippen LogP contribution < -0.4 is 5.01 Å². The molecule has 0 aliphatic carbocycles. The Bertz CT molecular complexity index is 457. The maximum absolute atomic E-state index is 11.5. The number of carbonyl (C=O) groups excluding carboxylic acids is 1. The fourth-order valence-corrected chi connectivity index (χ4v) is 1.39. The van der Waals surface area contributed by atoms with Gasteiger partial charge < -0.3 is 0 Å². The Hall–Kier alpha value is -1.49. The number of aromatic nitrogens is 2. The fourth-order valence-electron chi connectivity index (χ4n) is 1.29. The molecule has 78 valence electrons. The van der Waals surface area contributed by atoms with E-state index in [1.165, 1.54) is 5.01 Å². The largest absolute Gasteiger partial charge is 0.272 e. The van der Waals surface area contributed by atoms with Crippen LogP contribution in [0.2, 0.25) is 5.15 Å². The number of anilines is 1. The van der Waals surface area contributed by atoms with E-state index in [2.05, 4.69) is 15.3 Å². The molecule has 6 heteroatoms. The minimum absolute atomic E-state index is 0.0940. The van der Waals surface area contributed by atoms with Crippen LogP contribution in [0.4, 0.5) is 5.82 Å². The highest BCUT2D eigenvalue weighted by Crippen LogP contribution is 2.20. The van der Waals surface area contributed by atoms with Gasteiger partial charge in [0.05, 0.1) is 6.42 Å². The Morgan fingerprint density at radius 2 is 2.13 bits per heavy atom. The molecule has 0 fully saturated rings. The van der Waals surface area contributed by atoms with E-state index in [0.717, 1.165) is 11.3 Å². The second kappa shape index (κ2) is 3.58. The first-order chi connectivity index (χ1) is 7.08. The van der Waals surface area contributed by atoms with Crippen molar-refractivity contribution in [1.82, 2.24) is 10.2 Å². The lowest BCUT2D eigenvalue weighted by molar-refractivity contribution is -0.116. The van der Waals surface area contributed by atoms with Gasteiger partial charge in [0.1, 0.15) is 0 Å². The van der Waals surface area contributed by atoms with Gasteiger partial charge in [-0.2, -0.15) is 10.1 Å². The minimum Gasteiger partial charge on any atom is -0.272 e. The zero-order chi connectivity index (χ0) is 11.0. The van der Waals surface area contributed by atoms with Crippen LogP contribution in [0.15, 0.2) is 11.2 Å². The molecule has 0 atom stereocenters. The van der Waals surface area contributed by atoms with E-state index in [1.54, 1.807) is 19.9 Å². The molecule has 0 bridgehead atoms. The molecule has 1 aromatic rings. The fraction of sp³-hybridized carbons (Fsp3) is 0.333. The van der Waals surface area contributed by atoms with Crippen molar-refractivity contribution in [1.29, 1.82) is 0 Å². The van der Waals surface area contributed by atoms with Crippen molar-refractivity contribution < 1.29 is 4.79 Å². The third-order valence-electron chi connectivity index (χ3n) is 2.04. The second-order valence-electron chi connectivity index (χ2n) is 3.39. The highest BCUT2D eigenvalue weighted by Gasteiger charge is 2.24. The van der Waals surface area contributed by atoms with E-state index in [-0.39, 0.29) is 5.91 Å². The van der Waals surface area contributed by atoms with Crippen molar-refractivity contribution in [2.24, 2.45) is 5.10 Å². The Morgan fingerprint density at radius 3 is 2.67 bits per heavy atom. The molecule has 0 saturated carbocycles. The van der Waals surface area contributed by atoms with Gasteiger partial charge in [-0.3, -0.25) is 4.79 Å². The summed E-state index contributed by atoms with van der Waals surface area (Å²) in [5, 5.41) is 13.2. The lowest BCUT2D eigenvalue weighted by Gasteiger charge is -2.10. The number of hydrogen-bond donors (Lipinski definition) is 0. The average molecular weight is 225 g/mol. The van der Waals surface area contributed by atoms with E-state index < -0.39 is 0 Å². The smallest absolute Gasteiger partial charge is 0.254 e. The third kappa shape index (κ3) is 1.83. The quantitative estimate of drug-likeness (QED) is 0.727. The van der Waals surface area contributed by atoms with E-state index >= 15 is 0 Å². The Morgan fingerprint density at radius 1 is 1.40 bits per heavy atom. The lowest BCUT2D eigenvalue weighted by atomic mass is 10.3. The van der Waals surface area contributed by atoms with Crippen LogP contribution in [0.1, 0.15) is 18.9 Å². The van der Waals surface area contributed by atoms with Gasteiger partial charge in [-0.15, -0.1) is 10.2 Å². The summed E-state index contributed by atoms with van der Waals surface area (Å²) < 4.78 is 0. The van der Waals surface area contributed by atoms with Crippen LogP contribution in [0, 0.1) is 6.92 Å². The minimum atomic E-state index is -0.0940. The molecule has 0 radical (unpaired) electrons. The summed E-state index contributed by atoms with van der Waals surface area (Å²) in [6.07, 6.45) is 0.337. The zero-order valence-electron chi connectivity index (χ0n) is 8.36. The molecule has 5 nitrogen and oxygen atoms in total. The molecule has 1 aliphatic rings. The summed E-state index contributed by atoms with van der Waals surface area (Å²) in [5.41, 5.74) is 1.55. The van der Waals surface area contributed by atoms with E-state index in [0.29, 0.717) is 17.4 Å². The summed E-state index contributed by atoms with van der Waals surface area (Å²) in [5.74, 6) is 0.322. The van der Waals surface area contributed by atoms with Gasteiger partial charge in [-0.25, -0.2) is 0 Å². The predicted molar refractivity (Wildman–Crippen MR) is 57.0 cm³/mol. The van der Waals surface area contributed by atoms with Crippen molar-refractivity contribution in [3.05, 3.63) is 16.8 Å². The Balaban J connectivity index is 2.38. The van der Waals surface area contributed by atoms with Gasteiger partial charge in [0.15, 0.2) is 11.0 Å². The molecule has 15 heavy (non-hydrogen) atoms. The maximum Gasteiger partial charge on any atom is 0.254 e. The molecule has 0 saturated heterocycles. The van der Waals surface area contributed by atoms with E-state index in [1.807, 2.05) is 0 Å². The van der Waals surface area contributed by atoms with Crippen molar-refractivity contribution in [2.75, 3.05) is 5.01 Å². The normalized spacial score (nSPS) is 15.8. The summed E-state index contributed by atoms with van der Waals surface area (Å²) >= 11 is 5.74. The summed E-state index contributed by atoms with van der Waals surface area (Å²) in [7, 11) is 0. The number of nitrogens with zero attached hydrogens (tertiary/aromatic N) is 4. The molecule has 0 aromatic carbocycles. The highest BCUT2D eigenvalue weighted by atomic mass is 35.5. The molecule has 1 aromatic heterocycles. The molecular weight excluding hydrogens is 216 g/mol. The maximum atomic E-state index is 11.5. The van der Waals surface area contributed by atoms with Gasteiger partial charge in [-0.05, 0) is 25.5 Å². The molecule has 0 spiro atoms. The topological polar surface area (TPSA) is 58.5 Å². The zero-order valence-corrected chi connectivity index (χ0v) is 9.12. The Labute approximate surface area is 91.7 Å². The van der Waals surface area contributed by atoms with Crippen LogP contribution in [0.3, 0.4) is 0 Å². The van der Waals surface area contributed by atoms with Gasteiger partial charge >= 0.3 is 0 Å². The number of carbonyl (C=O) groups is 1. The predicted octanol–water partition coefficient (Wildman–Crippen LogP) is 1.55. The number of rotatable bonds is 1. The standard InChI is InChI=1S/C9H9ClN4O/c1-5-3-7(11-12-9(5)10)14-8(15)4-6(2)13-14/h3H,4H2,1-2H3. The molecular formula is C9H9ClN4O.